The van der Waals surface area contributed by atoms with E-state index in [4.69, 9.17) is 16.0 Å². The van der Waals surface area contributed by atoms with Crippen molar-refractivity contribution >= 4 is 40.1 Å². The highest BCUT2D eigenvalue weighted by molar-refractivity contribution is 6.37. The number of rotatable bonds is 2. The van der Waals surface area contributed by atoms with E-state index in [-0.39, 0.29) is 17.7 Å². The highest BCUT2D eigenvalue weighted by atomic mass is 35.5. The Morgan fingerprint density at radius 3 is 2.85 bits per heavy atom. The maximum atomic E-state index is 12.1. The van der Waals surface area contributed by atoms with Crippen molar-refractivity contribution in [3.63, 3.8) is 0 Å². The number of benzene rings is 1. The van der Waals surface area contributed by atoms with E-state index in [2.05, 4.69) is 10.1 Å². The van der Waals surface area contributed by atoms with E-state index in [0.717, 1.165) is 6.26 Å². The maximum absolute atomic E-state index is 12.1. The molecule has 1 heterocycles. The van der Waals surface area contributed by atoms with E-state index in [0.29, 0.717) is 10.6 Å². The molecule has 104 valence electrons. The van der Waals surface area contributed by atoms with Gasteiger partial charge in [0.15, 0.2) is 0 Å². The Kier molecular flexibility index (Phi) is 4.05. The van der Waals surface area contributed by atoms with Crippen LogP contribution in [-0.2, 0) is 14.3 Å². The summed E-state index contributed by atoms with van der Waals surface area (Å²) in [7, 11) is 0. The van der Waals surface area contributed by atoms with Crippen LogP contribution in [0.3, 0.4) is 0 Å². The summed E-state index contributed by atoms with van der Waals surface area (Å²) >= 11 is 5.80. The Labute approximate surface area is 118 Å². The molecule has 2 aromatic rings. The van der Waals surface area contributed by atoms with Gasteiger partial charge in [0.05, 0.1) is 12.0 Å². The summed E-state index contributed by atoms with van der Waals surface area (Å²) in [5.41, 5.74) is -0.322. The SMILES string of the molecule is CCOC(=O)C(=O)Nc1coc2ccc(Cl)cc2c1=O. The van der Waals surface area contributed by atoms with Crippen LogP contribution >= 0.6 is 11.6 Å². The largest absolute Gasteiger partial charge is 0.462 e. The summed E-state index contributed by atoms with van der Waals surface area (Å²) in [6, 6.07) is 4.53. The molecule has 1 aromatic heterocycles. The molecule has 0 spiro atoms. The van der Waals surface area contributed by atoms with Crippen LogP contribution in [0.15, 0.2) is 33.7 Å². The normalized spacial score (nSPS) is 10.3. The molecular weight excluding hydrogens is 286 g/mol. The molecule has 1 amide bonds. The summed E-state index contributed by atoms with van der Waals surface area (Å²) in [6.45, 7) is 1.63. The van der Waals surface area contributed by atoms with E-state index in [9.17, 15) is 14.4 Å². The Morgan fingerprint density at radius 2 is 2.15 bits per heavy atom. The number of anilines is 1. The molecule has 1 N–H and O–H groups in total. The van der Waals surface area contributed by atoms with Crippen molar-refractivity contribution < 1.29 is 18.7 Å². The van der Waals surface area contributed by atoms with Crippen molar-refractivity contribution in [3.05, 3.63) is 39.7 Å². The molecule has 6 nitrogen and oxygen atoms in total. The van der Waals surface area contributed by atoms with Crippen LogP contribution in [0, 0.1) is 0 Å². The molecule has 0 saturated heterocycles. The van der Waals surface area contributed by atoms with Crippen LogP contribution in [0.4, 0.5) is 5.69 Å². The predicted octanol–water partition coefficient (Wildman–Crippen LogP) is 1.95. The fraction of sp³-hybridized carbons (Fsp3) is 0.154. The standard InChI is InChI=1S/C13H10ClNO5/c1-2-19-13(18)12(17)15-9-6-20-10-4-3-7(14)5-8(10)11(9)16/h3-6H,2H2,1H3,(H,15,17). The molecule has 0 aliphatic rings. The molecule has 0 aliphatic carbocycles. The fourth-order valence-corrected chi connectivity index (χ4v) is 1.73. The number of fused-ring (bicyclic) bond motifs is 1. The Bertz CT molecular complexity index is 737. The molecule has 2 rings (SSSR count). The summed E-state index contributed by atoms with van der Waals surface area (Å²) in [5.74, 6) is -2.11. The van der Waals surface area contributed by atoms with Crippen LogP contribution in [-0.4, -0.2) is 18.5 Å². The molecule has 0 saturated carbocycles. The van der Waals surface area contributed by atoms with E-state index < -0.39 is 17.3 Å². The number of ether oxygens (including phenoxy) is 1. The molecule has 0 aliphatic heterocycles. The second-order valence-electron chi connectivity index (χ2n) is 3.79. The second kappa shape index (κ2) is 5.75. The van der Waals surface area contributed by atoms with E-state index in [1.165, 1.54) is 12.1 Å². The highest BCUT2D eigenvalue weighted by Crippen LogP contribution is 2.18. The van der Waals surface area contributed by atoms with Crippen molar-refractivity contribution in [3.8, 4) is 0 Å². The lowest BCUT2D eigenvalue weighted by molar-refractivity contribution is -0.152. The van der Waals surface area contributed by atoms with E-state index in [1.54, 1.807) is 13.0 Å². The average Bonchev–Trinajstić information content (AvgIpc) is 2.42. The number of carbonyl (C=O) groups excluding carboxylic acids is 2. The minimum Gasteiger partial charge on any atom is -0.462 e. The zero-order chi connectivity index (χ0) is 14.7. The van der Waals surface area contributed by atoms with Gasteiger partial charge in [0.2, 0.25) is 5.43 Å². The Hall–Kier alpha value is -2.34. The van der Waals surface area contributed by atoms with Gasteiger partial charge in [-0.25, -0.2) is 4.79 Å². The predicted molar refractivity (Wildman–Crippen MR) is 72.8 cm³/mol. The number of nitrogens with one attached hydrogen (secondary N) is 1. The van der Waals surface area contributed by atoms with Gasteiger partial charge in [0, 0.05) is 5.02 Å². The van der Waals surface area contributed by atoms with Gasteiger partial charge >= 0.3 is 11.9 Å². The van der Waals surface area contributed by atoms with Gasteiger partial charge in [-0.2, -0.15) is 0 Å². The van der Waals surface area contributed by atoms with Crippen LogP contribution in [0.2, 0.25) is 5.02 Å². The molecule has 0 radical (unpaired) electrons. The Morgan fingerprint density at radius 1 is 1.40 bits per heavy atom. The van der Waals surface area contributed by atoms with Crippen molar-refractivity contribution in [1.29, 1.82) is 0 Å². The van der Waals surface area contributed by atoms with Gasteiger partial charge in [-0.1, -0.05) is 11.6 Å². The molecule has 0 atom stereocenters. The molecule has 0 fully saturated rings. The highest BCUT2D eigenvalue weighted by Gasteiger charge is 2.17. The number of halogens is 1. The van der Waals surface area contributed by atoms with Crippen molar-refractivity contribution in [2.75, 3.05) is 11.9 Å². The van der Waals surface area contributed by atoms with Crippen molar-refractivity contribution in [2.45, 2.75) is 6.92 Å². The van der Waals surface area contributed by atoms with Gasteiger partial charge < -0.3 is 14.5 Å². The molecule has 7 heteroatoms. The van der Waals surface area contributed by atoms with Crippen molar-refractivity contribution in [2.24, 2.45) is 0 Å². The first-order chi connectivity index (χ1) is 9.52. The third-order valence-electron chi connectivity index (χ3n) is 2.44. The lowest BCUT2D eigenvalue weighted by atomic mass is 10.2. The van der Waals surface area contributed by atoms with Crippen molar-refractivity contribution in [1.82, 2.24) is 0 Å². The smallest absolute Gasteiger partial charge is 0.397 e. The van der Waals surface area contributed by atoms with Gasteiger partial charge in [-0.05, 0) is 25.1 Å². The minimum atomic E-state index is -1.07. The first kappa shape index (κ1) is 14.1. The topological polar surface area (TPSA) is 85.6 Å². The zero-order valence-corrected chi connectivity index (χ0v) is 11.2. The van der Waals surface area contributed by atoms with Crippen LogP contribution in [0.5, 0.6) is 0 Å². The van der Waals surface area contributed by atoms with Gasteiger partial charge in [0.25, 0.3) is 0 Å². The van der Waals surface area contributed by atoms with E-state index >= 15 is 0 Å². The second-order valence-corrected chi connectivity index (χ2v) is 4.23. The molecule has 0 unspecified atom stereocenters. The molecule has 1 aromatic carbocycles. The number of hydrogen-bond donors (Lipinski definition) is 1. The number of esters is 1. The quantitative estimate of drug-likeness (QED) is 0.676. The maximum Gasteiger partial charge on any atom is 0.397 e. The monoisotopic (exact) mass is 295 g/mol. The van der Waals surface area contributed by atoms with Crippen LogP contribution in [0.25, 0.3) is 11.0 Å². The molecule has 0 bridgehead atoms. The summed E-state index contributed by atoms with van der Waals surface area (Å²) in [5, 5.41) is 2.71. The average molecular weight is 296 g/mol. The number of hydrogen-bond acceptors (Lipinski definition) is 5. The summed E-state index contributed by atoms with van der Waals surface area (Å²) < 4.78 is 9.71. The molecular formula is C13H10ClNO5. The van der Waals surface area contributed by atoms with Gasteiger partial charge in [0.1, 0.15) is 17.5 Å². The van der Waals surface area contributed by atoms with Gasteiger partial charge in [-0.15, -0.1) is 0 Å². The summed E-state index contributed by atoms with van der Waals surface area (Å²) in [6.07, 6.45) is 1.07. The fourth-order valence-electron chi connectivity index (χ4n) is 1.56. The first-order valence-corrected chi connectivity index (χ1v) is 6.10. The van der Waals surface area contributed by atoms with E-state index in [1.807, 2.05) is 0 Å². The van der Waals surface area contributed by atoms with Gasteiger partial charge in [-0.3, -0.25) is 9.59 Å². The first-order valence-electron chi connectivity index (χ1n) is 5.72. The zero-order valence-electron chi connectivity index (χ0n) is 10.4. The lowest BCUT2D eigenvalue weighted by Crippen LogP contribution is -2.27. The lowest BCUT2D eigenvalue weighted by Gasteiger charge is -2.04. The third-order valence-corrected chi connectivity index (χ3v) is 2.68. The molecule has 20 heavy (non-hydrogen) atoms. The Balaban J connectivity index is 2.36. The summed E-state index contributed by atoms with van der Waals surface area (Å²) in [4.78, 5) is 34.8. The number of carbonyl (C=O) groups is 2. The van der Waals surface area contributed by atoms with Crippen LogP contribution < -0.4 is 10.7 Å². The minimum absolute atomic E-state index is 0.0637. The van der Waals surface area contributed by atoms with Crippen LogP contribution in [0.1, 0.15) is 6.92 Å². The number of amides is 1. The third kappa shape index (κ3) is 2.80.